The van der Waals surface area contributed by atoms with Crippen LogP contribution in [-0.4, -0.2) is 58.6 Å². The summed E-state index contributed by atoms with van der Waals surface area (Å²) in [6, 6.07) is 15.9. The molecule has 1 fully saturated rings. The van der Waals surface area contributed by atoms with Gasteiger partial charge < -0.3 is 4.90 Å². The van der Waals surface area contributed by atoms with Crippen LogP contribution >= 0.6 is 0 Å². The van der Waals surface area contributed by atoms with E-state index in [1.807, 2.05) is 0 Å². The quantitative estimate of drug-likeness (QED) is 0.620. The molecule has 1 aliphatic rings. The van der Waals surface area contributed by atoms with Crippen LogP contribution in [0.25, 0.3) is 22.5 Å². The molecule has 0 radical (unpaired) electrons. The molecule has 1 aliphatic heterocycles. The zero-order valence-corrected chi connectivity index (χ0v) is 17.8. The molecule has 4 rings (SSSR count). The number of aromatic amines is 1. The number of aromatic nitrogens is 2. The summed E-state index contributed by atoms with van der Waals surface area (Å²) >= 11 is 0. The monoisotopic (exact) mass is 453 g/mol. The van der Waals surface area contributed by atoms with E-state index in [1.165, 1.54) is 6.07 Å². The highest BCUT2D eigenvalue weighted by molar-refractivity contribution is 5.94. The van der Waals surface area contributed by atoms with E-state index in [2.05, 4.69) is 21.2 Å². The third-order valence-corrected chi connectivity index (χ3v) is 5.71. The standard InChI is InChI=1S/C24H22F3N5O/c25-24(26,27)20-4-1-3-19(15-20)22-16-21(29-30-22)17-5-7-18(8-6-17)23(33)32-13-11-31(12-14-32)10-2-9-28/h1,3-8,15-16H,2,10-14H2,(H,29,30). The number of hydrogen-bond donors (Lipinski definition) is 1. The van der Waals surface area contributed by atoms with Crippen molar-refractivity contribution in [2.45, 2.75) is 12.6 Å². The highest BCUT2D eigenvalue weighted by Crippen LogP contribution is 2.32. The molecule has 1 aromatic heterocycles. The van der Waals surface area contributed by atoms with Crippen LogP contribution in [0.3, 0.4) is 0 Å². The fraction of sp³-hybridized carbons (Fsp3) is 0.292. The number of halogens is 3. The van der Waals surface area contributed by atoms with Crippen LogP contribution in [0.1, 0.15) is 22.3 Å². The number of nitriles is 1. The molecule has 170 valence electrons. The second-order valence-electron chi connectivity index (χ2n) is 7.86. The lowest BCUT2D eigenvalue weighted by Gasteiger charge is -2.34. The van der Waals surface area contributed by atoms with Crippen molar-refractivity contribution in [3.63, 3.8) is 0 Å². The van der Waals surface area contributed by atoms with Gasteiger partial charge in [0.1, 0.15) is 0 Å². The molecule has 3 aromatic rings. The smallest absolute Gasteiger partial charge is 0.336 e. The van der Waals surface area contributed by atoms with Crippen molar-refractivity contribution in [2.75, 3.05) is 32.7 Å². The average molecular weight is 453 g/mol. The van der Waals surface area contributed by atoms with Gasteiger partial charge in [-0.1, -0.05) is 24.3 Å². The third kappa shape index (κ3) is 5.23. The van der Waals surface area contributed by atoms with Crippen molar-refractivity contribution in [1.29, 1.82) is 5.26 Å². The van der Waals surface area contributed by atoms with E-state index in [9.17, 15) is 18.0 Å². The molecule has 2 aromatic carbocycles. The number of carbonyl (C=O) groups is 1. The van der Waals surface area contributed by atoms with Crippen LogP contribution < -0.4 is 0 Å². The van der Waals surface area contributed by atoms with Crippen LogP contribution in [0.5, 0.6) is 0 Å². The van der Waals surface area contributed by atoms with E-state index >= 15 is 0 Å². The van der Waals surface area contributed by atoms with E-state index < -0.39 is 11.7 Å². The fourth-order valence-corrected chi connectivity index (χ4v) is 3.83. The summed E-state index contributed by atoms with van der Waals surface area (Å²) in [5.74, 6) is -0.0456. The number of H-pyrrole nitrogens is 1. The fourth-order valence-electron chi connectivity index (χ4n) is 3.83. The van der Waals surface area contributed by atoms with Crippen molar-refractivity contribution < 1.29 is 18.0 Å². The molecular weight excluding hydrogens is 431 g/mol. The maximum atomic E-state index is 13.0. The van der Waals surface area contributed by atoms with Gasteiger partial charge in [-0.15, -0.1) is 0 Å². The predicted octanol–water partition coefficient (Wildman–Crippen LogP) is 4.43. The Morgan fingerprint density at radius 3 is 2.42 bits per heavy atom. The topological polar surface area (TPSA) is 76.0 Å². The summed E-state index contributed by atoms with van der Waals surface area (Å²) in [4.78, 5) is 16.8. The summed E-state index contributed by atoms with van der Waals surface area (Å²) < 4.78 is 39.0. The van der Waals surface area contributed by atoms with Crippen LogP contribution in [0, 0.1) is 11.3 Å². The number of alkyl halides is 3. The van der Waals surface area contributed by atoms with Crippen LogP contribution in [-0.2, 0) is 6.18 Å². The minimum atomic E-state index is -4.42. The predicted molar refractivity (Wildman–Crippen MR) is 117 cm³/mol. The maximum absolute atomic E-state index is 13.0. The highest BCUT2D eigenvalue weighted by atomic mass is 19.4. The van der Waals surface area contributed by atoms with Crippen LogP contribution in [0.4, 0.5) is 13.2 Å². The summed E-state index contributed by atoms with van der Waals surface area (Å²) in [6.45, 7) is 3.45. The lowest BCUT2D eigenvalue weighted by molar-refractivity contribution is -0.137. The molecule has 0 atom stereocenters. The first-order chi connectivity index (χ1) is 15.8. The molecular formula is C24H22F3N5O. The summed E-state index contributed by atoms with van der Waals surface area (Å²) in [6.07, 6.45) is -3.93. The number of rotatable bonds is 5. The second kappa shape index (κ2) is 9.46. The first-order valence-corrected chi connectivity index (χ1v) is 10.6. The Labute approximate surface area is 189 Å². The Morgan fingerprint density at radius 1 is 1.03 bits per heavy atom. The molecule has 1 N–H and O–H groups in total. The largest absolute Gasteiger partial charge is 0.416 e. The van der Waals surface area contributed by atoms with Crippen molar-refractivity contribution in [1.82, 2.24) is 20.0 Å². The van der Waals surface area contributed by atoms with Crippen molar-refractivity contribution in [2.24, 2.45) is 0 Å². The zero-order valence-electron chi connectivity index (χ0n) is 17.8. The van der Waals surface area contributed by atoms with Gasteiger partial charge in [0, 0.05) is 50.3 Å². The molecule has 1 amide bonds. The second-order valence-corrected chi connectivity index (χ2v) is 7.86. The minimum Gasteiger partial charge on any atom is -0.336 e. The van der Waals surface area contributed by atoms with Gasteiger partial charge in [-0.25, -0.2) is 0 Å². The lowest BCUT2D eigenvalue weighted by Crippen LogP contribution is -2.48. The molecule has 33 heavy (non-hydrogen) atoms. The van der Waals surface area contributed by atoms with Crippen molar-refractivity contribution in [3.8, 4) is 28.6 Å². The van der Waals surface area contributed by atoms with Gasteiger partial charge in [0.2, 0.25) is 0 Å². The van der Waals surface area contributed by atoms with E-state index in [4.69, 9.17) is 5.26 Å². The Balaban J connectivity index is 1.43. The number of nitrogens with one attached hydrogen (secondary N) is 1. The van der Waals surface area contributed by atoms with Gasteiger partial charge in [-0.3, -0.25) is 14.8 Å². The molecule has 6 nitrogen and oxygen atoms in total. The first kappa shape index (κ1) is 22.6. The minimum absolute atomic E-state index is 0.0456. The van der Waals surface area contributed by atoms with Gasteiger partial charge in [-0.2, -0.15) is 23.5 Å². The van der Waals surface area contributed by atoms with E-state index in [0.717, 1.165) is 37.3 Å². The maximum Gasteiger partial charge on any atom is 0.416 e. The number of carbonyl (C=O) groups excluding carboxylic acids is 1. The SMILES string of the molecule is N#CCCN1CCN(C(=O)c2ccc(-c3cc(-c4cccc(C(F)(F)F)c4)n[nH]3)cc2)CC1. The van der Waals surface area contributed by atoms with Gasteiger partial charge in [-0.05, 0) is 35.9 Å². The number of hydrogen-bond acceptors (Lipinski definition) is 4. The molecule has 0 bridgehead atoms. The summed E-state index contributed by atoms with van der Waals surface area (Å²) in [5.41, 5.74) is 2.05. The molecule has 0 spiro atoms. The van der Waals surface area contributed by atoms with Gasteiger partial charge in [0.25, 0.3) is 5.91 Å². The number of benzene rings is 2. The Kier molecular flexibility index (Phi) is 6.47. The summed E-state index contributed by atoms with van der Waals surface area (Å²) in [7, 11) is 0. The number of piperazine rings is 1. The lowest BCUT2D eigenvalue weighted by atomic mass is 10.1. The molecule has 0 aliphatic carbocycles. The Morgan fingerprint density at radius 2 is 1.76 bits per heavy atom. The molecule has 1 saturated heterocycles. The van der Waals surface area contributed by atoms with Crippen molar-refractivity contribution in [3.05, 3.63) is 65.7 Å². The van der Waals surface area contributed by atoms with Gasteiger partial charge >= 0.3 is 6.18 Å². The highest BCUT2D eigenvalue weighted by Gasteiger charge is 2.30. The number of nitrogens with zero attached hydrogens (tertiary/aromatic N) is 4. The molecule has 2 heterocycles. The van der Waals surface area contributed by atoms with Crippen LogP contribution in [0.2, 0.25) is 0 Å². The Bertz CT molecular complexity index is 1160. The molecule has 0 saturated carbocycles. The van der Waals surface area contributed by atoms with Gasteiger partial charge in [0.05, 0.1) is 23.0 Å². The number of amides is 1. The third-order valence-electron chi connectivity index (χ3n) is 5.71. The Hall–Kier alpha value is -3.64. The summed E-state index contributed by atoms with van der Waals surface area (Å²) in [5, 5.41) is 15.7. The van der Waals surface area contributed by atoms with Crippen LogP contribution in [0.15, 0.2) is 54.6 Å². The van der Waals surface area contributed by atoms with E-state index in [0.29, 0.717) is 42.0 Å². The van der Waals surface area contributed by atoms with Crippen molar-refractivity contribution >= 4 is 5.91 Å². The molecule has 0 unspecified atom stereocenters. The first-order valence-electron chi connectivity index (χ1n) is 10.6. The normalized spacial score (nSPS) is 14.8. The van der Waals surface area contributed by atoms with E-state index in [-0.39, 0.29) is 5.91 Å². The average Bonchev–Trinajstić information content (AvgIpc) is 3.33. The molecule has 9 heteroatoms. The van der Waals surface area contributed by atoms with E-state index in [1.54, 1.807) is 41.3 Å². The van der Waals surface area contributed by atoms with Gasteiger partial charge in [0.15, 0.2) is 0 Å². The zero-order chi connectivity index (χ0) is 23.4.